The van der Waals surface area contributed by atoms with Crippen molar-refractivity contribution in [1.29, 1.82) is 0 Å². The van der Waals surface area contributed by atoms with E-state index < -0.39 is 0 Å². The molecule has 6 rings (SSSR count). The predicted octanol–water partition coefficient (Wildman–Crippen LogP) is 7.08. The molecule has 0 amide bonds. The Morgan fingerprint density at radius 3 is 2.29 bits per heavy atom. The summed E-state index contributed by atoms with van der Waals surface area (Å²) in [5.74, 6) is 4.05. The van der Waals surface area contributed by atoms with Crippen molar-refractivity contribution in [3.8, 4) is 11.5 Å². The lowest BCUT2D eigenvalue weighted by atomic mass is 9.48. The normalized spacial score (nSPS) is 27.5. The number of ether oxygens (including phenoxy) is 3. The third kappa shape index (κ3) is 4.60. The van der Waals surface area contributed by atoms with Gasteiger partial charge in [-0.3, -0.25) is 0 Å². The summed E-state index contributed by atoms with van der Waals surface area (Å²) in [5.41, 5.74) is 4.64. The van der Waals surface area contributed by atoms with Gasteiger partial charge in [-0.15, -0.1) is 0 Å². The average Bonchev–Trinajstić information content (AvgIpc) is 2.82. The highest BCUT2D eigenvalue weighted by Gasteiger charge is 2.52. The highest BCUT2D eigenvalue weighted by Crippen LogP contribution is 2.62. The lowest BCUT2D eigenvalue weighted by Crippen LogP contribution is -2.48. The number of esters is 1. The Hall–Kier alpha value is -2.02. The number of rotatable bonds is 7. The Bertz CT molecular complexity index is 1080. The van der Waals surface area contributed by atoms with Crippen molar-refractivity contribution in [1.82, 2.24) is 0 Å². The third-order valence-corrected chi connectivity index (χ3v) is 8.99. The van der Waals surface area contributed by atoms with E-state index in [0.717, 1.165) is 39.1 Å². The van der Waals surface area contributed by atoms with Crippen LogP contribution in [0.15, 0.2) is 48.2 Å². The lowest BCUT2D eigenvalue weighted by molar-refractivity contribution is -0.00618. The quantitative estimate of drug-likeness (QED) is 0.202. The van der Waals surface area contributed by atoms with E-state index in [1.54, 1.807) is 18.4 Å². The van der Waals surface area contributed by atoms with Crippen molar-refractivity contribution in [3.63, 3.8) is 0 Å². The molecule has 2 aromatic rings. The molecule has 4 fully saturated rings. The lowest BCUT2D eigenvalue weighted by Gasteiger charge is -2.57. The Balaban J connectivity index is 1.35. The molecule has 34 heavy (non-hydrogen) atoms. The number of methoxy groups -OCH3 is 2. The summed E-state index contributed by atoms with van der Waals surface area (Å²) >= 11 is 2.22. The molecule has 0 N–H and O–H groups in total. The predicted molar refractivity (Wildman–Crippen MR) is 141 cm³/mol. The molecule has 0 unspecified atom stereocenters. The SMILES string of the molecule is COC(=O)c1ccc(I)c(O/C=C(\C)Cc2ccc(OC)c(C34CC5CC(CC(C5)C3)C4)c2)c1. The number of halogens is 1. The maximum absolute atomic E-state index is 11.9. The summed E-state index contributed by atoms with van der Waals surface area (Å²) in [6.07, 6.45) is 10.9. The number of benzene rings is 2. The maximum atomic E-state index is 11.9. The summed E-state index contributed by atoms with van der Waals surface area (Å²) in [6.45, 7) is 2.09. The van der Waals surface area contributed by atoms with Crippen LogP contribution < -0.4 is 9.47 Å². The van der Waals surface area contributed by atoms with Crippen LogP contribution in [0.3, 0.4) is 0 Å². The van der Waals surface area contributed by atoms with Crippen LogP contribution in [-0.2, 0) is 16.6 Å². The van der Waals surface area contributed by atoms with Gasteiger partial charge in [-0.1, -0.05) is 12.1 Å². The van der Waals surface area contributed by atoms with E-state index in [2.05, 4.69) is 47.7 Å². The van der Waals surface area contributed by atoms with Crippen LogP contribution in [0.1, 0.15) is 66.9 Å². The van der Waals surface area contributed by atoms with Crippen LogP contribution >= 0.6 is 22.6 Å². The van der Waals surface area contributed by atoms with Gasteiger partial charge in [-0.2, -0.15) is 0 Å². The van der Waals surface area contributed by atoms with Crippen LogP contribution in [0, 0.1) is 21.3 Å². The standard InChI is InChI=1S/C29H33IO4/c1-18(17-34-27-13-23(28(31)33-3)5-6-25(27)30)8-19-4-7-26(32-2)24(12-19)29-14-20-9-21(15-29)11-22(10-20)16-29/h4-7,12-13,17,20-22H,8-11,14-16H2,1-3H3/b18-17+. The van der Waals surface area contributed by atoms with Crippen molar-refractivity contribution in [3.05, 3.63) is 68.5 Å². The summed E-state index contributed by atoms with van der Waals surface area (Å²) in [4.78, 5) is 11.9. The fraction of sp³-hybridized carbons (Fsp3) is 0.483. The first-order valence-corrected chi connectivity index (χ1v) is 13.3. The summed E-state index contributed by atoms with van der Waals surface area (Å²) in [5, 5.41) is 0. The molecule has 4 saturated carbocycles. The topological polar surface area (TPSA) is 44.8 Å². The van der Waals surface area contributed by atoms with Crippen LogP contribution in [0.4, 0.5) is 0 Å². The zero-order chi connectivity index (χ0) is 23.9. The van der Waals surface area contributed by atoms with Gasteiger partial charge in [0.1, 0.15) is 11.5 Å². The van der Waals surface area contributed by atoms with Crippen LogP contribution in [0.2, 0.25) is 0 Å². The number of hydrogen-bond acceptors (Lipinski definition) is 4. The molecule has 0 spiro atoms. The van der Waals surface area contributed by atoms with Gasteiger partial charge in [0.15, 0.2) is 0 Å². The molecule has 0 heterocycles. The number of hydrogen-bond donors (Lipinski definition) is 0. The largest absolute Gasteiger partial charge is 0.496 e. The number of carbonyl (C=O) groups is 1. The van der Waals surface area contributed by atoms with Gasteiger partial charge in [0, 0.05) is 5.56 Å². The van der Waals surface area contributed by atoms with E-state index in [0.29, 0.717) is 16.7 Å². The van der Waals surface area contributed by atoms with Gasteiger partial charge in [-0.25, -0.2) is 4.79 Å². The summed E-state index contributed by atoms with van der Waals surface area (Å²) in [7, 11) is 3.19. The Morgan fingerprint density at radius 2 is 1.68 bits per heavy atom. The van der Waals surface area contributed by atoms with Gasteiger partial charge in [0.25, 0.3) is 0 Å². The van der Waals surface area contributed by atoms with Gasteiger partial charge >= 0.3 is 5.97 Å². The second kappa shape index (κ2) is 9.56. The Labute approximate surface area is 216 Å². The van der Waals surface area contributed by atoms with E-state index >= 15 is 0 Å². The van der Waals surface area contributed by atoms with Crippen molar-refractivity contribution in [2.45, 2.75) is 57.3 Å². The first kappa shape index (κ1) is 23.7. The maximum Gasteiger partial charge on any atom is 0.337 e. The van der Waals surface area contributed by atoms with Gasteiger partial charge < -0.3 is 14.2 Å². The van der Waals surface area contributed by atoms with Gasteiger partial charge in [0.2, 0.25) is 0 Å². The molecule has 0 radical (unpaired) electrons. The molecule has 2 aromatic carbocycles. The molecular weight excluding hydrogens is 539 g/mol. The Kier molecular flexibility index (Phi) is 6.66. The van der Waals surface area contributed by atoms with E-state index in [1.807, 2.05) is 13.2 Å². The van der Waals surface area contributed by atoms with Crippen molar-refractivity contribution >= 4 is 28.6 Å². The molecule has 4 bridgehead atoms. The molecule has 4 aliphatic rings. The monoisotopic (exact) mass is 572 g/mol. The van der Waals surface area contributed by atoms with Crippen LogP contribution in [0.5, 0.6) is 11.5 Å². The fourth-order valence-electron chi connectivity index (χ4n) is 7.09. The highest BCUT2D eigenvalue weighted by molar-refractivity contribution is 14.1. The zero-order valence-corrected chi connectivity index (χ0v) is 22.4. The molecule has 0 aliphatic heterocycles. The second-order valence-electron chi connectivity index (χ2n) is 10.6. The van der Waals surface area contributed by atoms with E-state index in [4.69, 9.17) is 14.2 Å². The molecule has 4 nitrogen and oxygen atoms in total. The van der Waals surface area contributed by atoms with Crippen molar-refractivity contribution < 1.29 is 19.0 Å². The molecule has 5 heteroatoms. The van der Waals surface area contributed by atoms with E-state index in [9.17, 15) is 4.79 Å². The number of allylic oxidation sites excluding steroid dienone is 1. The number of carbonyl (C=O) groups excluding carboxylic acids is 1. The highest BCUT2D eigenvalue weighted by atomic mass is 127. The van der Waals surface area contributed by atoms with Crippen LogP contribution in [0.25, 0.3) is 0 Å². The smallest absolute Gasteiger partial charge is 0.337 e. The van der Waals surface area contributed by atoms with Gasteiger partial charge in [-0.05, 0) is 133 Å². The zero-order valence-electron chi connectivity index (χ0n) is 20.2. The summed E-state index contributed by atoms with van der Waals surface area (Å²) < 4.78 is 17.6. The van der Waals surface area contributed by atoms with E-state index in [-0.39, 0.29) is 5.97 Å². The van der Waals surface area contributed by atoms with Crippen LogP contribution in [-0.4, -0.2) is 20.2 Å². The minimum absolute atomic E-state index is 0.300. The fourth-order valence-corrected chi connectivity index (χ4v) is 7.55. The third-order valence-electron chi connectivity index (χ3n) is 8.10. The van der Waals surface area contributed by atoms with Gasteiger partial charge in [0.05, 0.1) is 29.6 Å². The molecule has 0 saturated heterocycles. The minimum Gasteiger partial charge on any atom is -0.496 e. The molecular formula is C29H33IO4. The van der Waals surface area contributed by atoms with Crippen molar-refractivity contribution in [2.24, 2.45) is 17.8 Å². The first-order chi connectivity index (χ1) is 16.4. The van der Waals surface area contributed by atoms with E-state index in [1.165, 1.54) is 56.8 Å². The van der Waals surface area contributed by atoms with Crippen molar-refractivity contribution in [2.75, 3.05) is 14.2 Å². The average molecular weight is 572 g/mol. The minimum atomic E-state index is -0.364. The molecule has 180 valence electrons. The summed E-state index contributed by atoms with van der Waals surface area (Å²) in [6, 6.07) is 12.1. The molecule has 4 aliphatic carbocycles. The Morgan fingerprint density at radius 1 is 1.00 bits per heavy atom. The molecule has 0 aromatic heterocycles. The first-order valence-electron chi connectivity index (χ1n) is 12.3. The molecule has 0 atom stereocenters. The second-order valence-corrected chi connectivity index (χ2v) is 11.8.